The zero-order valence-corrected chi connectivity index (χ0v) is 7.50. The van der Waals surface area contributed by atoms with Crippen LogP contribution in [0, 0.1) is 11.6 Å². The second-order valence-corrected chi connectivity index (χ2v) is 3.99. The summed E-state index contributed by atoms with van der Waals surface area (Å²) in [5.74, 6) is -2.80. The molecule has 0 aliphatic carbocycles. The average molecular weight is 224 g/mol. The van der Waals surface area contributed by atoms with E-state index in [2.05, 4.69) is 0 Å². The quantitative estimate of drug-likeness (QED) is 0.730. The molecule has 1 rings (SSSR count). The fraction of sp³-hybridized carbons (Fsp3) is 0.143. The van der Waals surface area contributed by atoms with Crippen molar-refractivity contribution in [1.82, 2.24) is 0 Å². The number of benzene rings is 1. The highest BCUT2D eigenvalue weighted by atomic mass is 32.2. The maximum absolute atomic E-state index is 12.9. The molecule has 4 nitrogen and oxygen atoms in total. The van der Waals surface area contributed by atoms with Crippen LogP contribution in [-0.2, 0) is 10.1 Å². The lowest BCUT2D eigenvalue weighted by Crippen LogP contribution is -2.13. The van der Waals surface area contributed by atoms with Gasteiger partial charge in [0.1, 0.15) is 0 Å². The fourth-order valence-electron chi connectivity index (χ4n) is 0.872. The Bertz CT molecular complexity index is 443. The van der Waals surface area contributed by atoms with Gasteiger partial charge in [-0.15, -0.1) is 0 Å². The molecule has 1 aromatic rings. The molecule has 14 heavy (non-hydrogen) atoms. The van der Waals surface area contributed by atoms with Gasteiger partial charge in [-0.1, -0.05) is 12.1 Å². The third kappa shape index (κ3) is 2.06. The van der Waals surface area contributed by atoms with Crippen molar-refractivity contribution in [3.63, 3.8) is 0 Å². The van der Waals surface area contributed by atoms with Gasteiger partial charge in [-0.3, -0.25) is 4.55 Å². The Kier molecular flexibility index (Phi) is 2.84. The smallest absolute Gasteiger partial charge is 0.296 e. The molecule has 0 saturated heterocycles. The molecule has 2 N–H and O–H groups in total. The molecule has 0 aliphatic rings. The summed E-state index contributed by atoms with van der Waals surface area (Å²) >= 11 is 0. The lowest BCUT2D eigenvalue weighted by Gasteiger charge is -2.08. The largest absolute Gasteiger partial charge is 0.371 e. The van der Waals surface area contributed by atoms with Gasteiger partial charge in [-0.25, -0.2) is 8.78 Å². The molecule has 0 radical (unpaired) electrons. The van der Waals surface area contributed by atoms with Crippen molar-refractivity contribution < 1.29 is 26.9 Å². The SMILES string of the molecule is O=S(=O)(O)C(O)c1cccc(F)c1F. The Morgan fingerprint density at radius 1 is 1.29 bits per heavy atom. The van der Waals surface area contributed by atoms with E-state index in [-0.39, 0.29) is 0 Å². The highest BCUT2D eigenvalue weighted by molar-refractivity contribution is 7.85. The minimum absolute atomic E-state index is 0.759. The average Bonchev–Trinajstić information content (AvgIpc) is 2.07. The van der Waals surface area contributed by atoms with Crippen LogP contribution < -0.4 is 0 Å². The van der Waals surface area contributed by atoms with Crippen molar-refractivity contribution in [3.8, 4) is 0 Å². The van der Waals surface area contributed by atoms with Gasteiger partial charge in [0, 0.05) is 5.56 Å². The number of aliphatic hydroxyl groups excluding tert-OH is 1. The number of hydrogen-bond donors (Lipinski definition) is 2. The minimum atomic E-state index is -4.85. The van der Waals surface area contributed by atoms with Crippen LogP contribution in [0.1, 0.15) is 11.0 Å². The van der Waals surface area contributed by atoms with E-state index in [9.17, 15) is 17.2 Å². The van der Waals surface area contributed by atoms with Gasteiger partial charge < -0.3 is 5.11 Å². The summed E-state index contributed by atoms with van der Waals surface area (Å²) in [5.41, 5.74) is -3.30. The Balaban J connectivity index is 3.28. The summed E-state index contributed by atoms with van der Waals surface area (Å²) in [6.07, 6.45) is 0. The predicted molar refractivity (Wildman–Crippen MR) is 42.9 cm³/mol. The zero-order valence-electron chi connectivity index (χ0n) is 6.68. The van der Waals surface area contributed by atoms with Crippen molar-refractivity contribution in [2.24, 2.45) is 0 Å². The number of aliphatic hydroxyl groups is 1. The molecule has 78 valence electrons. The summed E-state index contributed by atoms with van der Waals surface area (Å²) in [4.78, 5) is 0. The summed E-state index contributed by atoms with van der Waals surface area (Å²) in [6.45, 7) is 0. The Labute approximate surface area is 78.6 Å². The monoisotopic (exact) mass is 224 g/mol. The van der Waals surface area contributed by atoms with E-state index in [4.69, 9.17) is 9.66 Å². The van der Waals surface area contributed by atoms with Gasteiger partial charge in [0.25, 0.3) is 10.1 Å². The molecule has 0 aromatic heterocycles. The van der Waals surface area contributed by atoms with Gasteiger partial charge in [-0.2, -0.15) is 8.42 Å². The molecule has 1 unspecified atom stereocenters. The Hall–Kier alpha value is -1.05. The van der Waals surface area contributed by atoms with E-state index < -0.39 is 32.8 Å². The van der Waals surface area contributed by atoms with Crippen LogP contribution in [0.5, 0.6) is 0 Å². The fourth-order valence-corrected chi connectivity index (χ4v) is 1.37. The Morgan fingerprint density at radius 3 is 2.36 bits per heavy atom. The molecule has 7 heteroatoms. The van der Waals surface area contributed by atoms with E-state index in [0.717, 1.165) is 18.2 Å². The standard InChI is InChI=1S/C7H6F2O4S/c8-5-3-1-2-4(6(5)9)7(10)14(11,12)13/h1-3,7,10H,(H,11,12,13). The molecule has 0 amide bonds. The third-order valence-electron chi connectivity index (χ3n) is 1.53. The normalized spacial score (nSPS) is 14.0. The molecular weight excluding hydrogens is 218 g/mol. The first-order chi connectivity index (χ1) is 6.34. The van der Waals surface area contributed by atoms with Crippen LogP contribution in [-0.4, -0.2) is 18.1 Å². The lowest BCUT2D eigenvalue weighted by molar-refractivity contribution is 0.232. The molecule has 0 aliphatic heterocycles. The summed E-state index contributed by atoms with van der Waals surface area (Å²) < 4.78 is 54.6. The van der Waals surface area contributed by atoms with Crippen LogP contribution in [0.25, 0.3) is 0 Å². The first-order valence-corrected chi connectivity index (χ1v) is 4.92. The summed E-state index contributed by atoms with van der Waals surface area (Å²) in [7, 11) is -4.85. The second-order valence-electron chi connectivity index (χ2n) is 2.51. The first kappa shape index (κ1) is 11.0. The van der Waals surface area contributed by atoms with Crippen LogP contribution in [0.3, 0.4) is 0 Å². The van der Waals surface area contributed by atoms with E-state index in [0.29, 0.717) is 0 Å². The third-order valence-corrected chi connectivity index (χ3v) is 2.35. The van der Waals surface area contributed by atoms with Crippen LogP contribution in [0.15, 0.2) is 18.2 Å². The second kappa shape index (κ2) is 3.60. The van der Waals surface area contributed by atoms with Gasteiger partial charge in [0.15, 0.2) is 11.6 Å². The summed E-state index contributed by atoms with van der Waals surface area (Å²) in [6, 6.07) is 2.63. The van der Waals surface area contributed by atoms with Crippen molar-refractivity contribution >= 4 is 10.1 Å². The molecular formula is C7H6F2O4S. The van der Waals surface area contributed by atoms with Crippen LogP contribution in [0.4, 0.5) is 8.78 Å². The number of hydrogen-bond acceptors (Lipinski definition) is 3. The molecule has 1 atom stereocenters. The molecule has 0 bridgehead atoms. The topological polar surface area (TPSA) is 74.6 Å². The van der Waals surface area contributed by atoms with Crippen molar-refractivity contribution in [3.05, 3.63) is 35.4 Å². The first-order valence-electron chi connectivity index (χ1n) is 3.42. The van der Waals surface area contributed by atoms with Crippen molar-refractivity contribution in [1.29, 1.82) is 0 Å². The molecule has 0 saturated carbocycles. The molecule has 0 fully saturated rings. The van der Waals surface area contributed by atoms with E-state index >= 15 is 0 Å². The van der Waals surface area contributed by atoms with Gasteiger partial charge in [0.05, 0.1) is 0 Å². The minimum Gasteiger partial charge on any atom is -0.371 e. The van der Waals surface area contributed by atoms with Crippen LogP contribution in [0.2, 0.25) is 0 Å². The summed E-state index contributed by atoms with van der Waals surface area (Å²) in [5, 5.41) is 8.92. The van der Waals surface area contributed by atoms with E-state index in [1.165, 1.54) is 0 Å². The maximum atomic E-state index is 12.9. The maximum Gasteiger partial charge on any atom is 0.296 e. The highest BCUT2D eigenvalue weighted by Gasteiger charge is 2.26. The Morgan fingerprint density at radius 2 is 1.86 bits per heavy atom. The van der Waals surface area contributed by atoms with Crippen molar-refractivity contribution in [2.45, 2.75) is 5.44 Å². The van der Waals surface area contributed by atoms with Crippen molar-refractivity contribution in [2.75, 3.05) is 0 Å². The number of halogens is 2. The zero-order chi connectivity index (χ0) is 10.9. The van der Waals surface area contributed by atoms with E-state index in [1.54, 1.807) is 0 Å². The highest BCUT2D eigenvalue weighted by Crippen LogP contribution is 2.22. The lowest BCUT2D eigenvalue weighted by atomic mass is 10.2. The number of rotatable bonds is 2. The van der Waals surface area contributed by atoms with E-state index in [1.807, 2.05) is 0 Å². The van der Waals surface area contributed by atoms with Gasteiger partial charge >= 0.3 is 0 Å². The molecule has 1 aromatic carbocycles. The predicted octanol–water partition coefficient (Wildman–Crippen LogP) is 0.844. The van der Waals surface area contributed by atoms with Gasteiger partial charge in [0.2, 0.25) is 5.44 Å². The molecule has 0 spiro atoms. The molecule has 0 heterocycles. The van der Waals surface area contributed by atoms with Gasteiger partial charge in [-0.05, 0) is 6.07 Å². The van der Waals surface area contributed by atoms with Crippen LogP contribution >= 0.6 is 0 Å².